The summed E-state index contributed by atoms with van der Waals surface area (Å²) in [5, 5.41) is 14.5. The number of halogens is 1. The van der Waals surface area contributed by atoms with Gasteiger partial charge in [-0.2, -0.15) is 9.10 Å². The third-order valence-corrected chi connectivity index (χ3v) is 6.84. The van der Waals surface area contributed by atoms with Crippen LogP contribution in [-0.2, 0) is 21.4 Å². The number of nitrogens with zero attached hydrogens (tertiary/aromatic N) is 5. The van der Waals surface area contributed by atoms with E-state index in [1.165, 1.54) is 40.7 Å². The molecule has 1 saturated heterocycles. The molecule has 2 aromatic carbocycles. The van der Waals surface area contributed by atoms with Crippen LogP contribution in [0.15, 0.2) is 53.4 Å². The molecule has 0 radical (unpaired) electrons. The molecule has 1 aliphatic rings. The Bertz CT molecular complexity index is 1160. The monoisotopic (exact) mass is 444 g/mol. The Morgan fingerprint density at radius 1 is 1.00 bits per heavy atom. The number of aromatic nitrogens is 4. The zero-order valence-corrected chi connectivity index (χ0v) is 17.4. The summed E-state index contributed by atoms with van der Waals surface area (Å²) in [5.74, 6) is -0.486. The minimum Gasteiger partial charge on any atom is -0.324 e. The first-order valence-corrected chi connectivity index (χ1v) is 11.3. The van der Waals surface area contributed by atoms with E-state index >= 15 is 0 Å². The Morgan fingerprint density at radius 2 is 1.68 bits per heavy atom. The predicted molar refractivity (Wildman–Crippen MR) is 111 cm³/mol. The van der Waals surface area contributed by atoms with E-state index in [0.29, 0.717) is 24.3 Å². The van der Waals surface area contributed by atoms with E-state index in [0.717, 1.165) is 24.1 Å². The molecule has 0 spiro atoms. The average molecular weight is 444 g/mol. The number of rotatable bonds is 6. The summed E-state index contributed by atoms with van der Waals surface area (Å²) in [7, 11) is -3.52. The quantitative estimate of drug-likeness (QED) is 0.625. The maximum atomic E-state index is 13.0. The lowest BCUT2D eigenvalue weighted by Crippen LogP contribution is -2.35. The number of anilines is 1. The second-order valence-corrected chi connectivity index (χ2v) is 9.13. The van der Waals surface area contributed by atoms with Crippen LogP contribution < -0.4 is 5.32 Å². The van der Waals surface area contributed by atoms with Gasteiger partial charge in [-0.3, -0.25) is 4.79 Å². The molecule has 9 nitrogen and oxygen atoms in total. The second kappa shape index (κ2) is 8.90. The zero-order valence-electron chi connectivity index (χ0n) is 16.6. The molecule has 0 aliphatic carbocycles. The maximum absolute atomic E-state index is 13.0. The highest BCUT2D eigenvalue weighted by Gasteiger charge is 2.25. The van der Waals surface area contributed by atoms with Crippen LogP contribution in [0.1, 0.15) is 19.3 Å². The first-order chi connectivity index (χ1) is 14.9. The predicted octanol–water partition coefficient (Wildman–Crippen LogP) is 2.29. The van der Waals surface area contributed by atoms with Crippen molar-refractivity contribution >= 4 is 21.6 Å². The molecule has 1 amide bonds. The topological polar surface area (TPSA) is 110 Å². The zero-order chi connectivity index (χ0) is 21.8. The summed E-state index contributed by atoms with van der Waals surface area (Å²) >= 11 is 0. The normalized spacial score (nSPS) is 15.0. The number of carbonyl (C=O) groups excluding carboxylic acids is 1. The SMILES string of the molecule is O=C(Cn1nnc(-c2ccc(F)cc2)n1)Nc1ccc(S(=O)(=O)N2CCCCC2)cc1. The van der Waals surface area contributed by atoms with Crippen molar-refractivity contribution in [2.45, 2.75) is 30.7 Å². The van der Waals surface area contributed by atoms with Crippen molar-refractivity contribution in [1.29, 1.82) is 0 Å². The third-order valence-electron chi connectivity index (χ3n) is 4.93. The molecule has 0 bridgehead atoms. The van der Waals surface area contributed by atoms with Crippen LogP contribution in [0.5, 0.6) is 0 Å². The highest BCUT2D eigenvalue weighted by Crippen LogP contribution is 2.22. The van der Waals surface area contributed by atoms with Gasteiger partial charge in [-0.25, -0.2) is 12.8 Å². The largest absolute Gasteiger partial charge is 0.324 e. The fraction of sp³-hybridized carbons (Fsp3) is 0.300. The maximum Gasteiger partial charge on any atom is 0.248 e. The Hall–Kier alpha value is -3.18. The van der Waals surface area contributed by atoms with E-state index in [4.69, 9.17) is 0 Å². The van der Waals surface area contributed by atoms with Crippen molar-refractivity contribution in [3.63, 3.8) is 0 Å². The van der Waals surface area contributed by atoms with Gasteiger partial charge in [-0.05, 0) is 66.6 Å². The highest BCUT2D eigenvalue weighted by molar-refractivity contribution is 7.89. The number of benzene rings is 2. The lowest BCUT2D eigenvalue weighted by molar-refractivity contribution is -0.117. The van der Waals surface area contributed by atoms with Gasteiger partial charge in [0, 0.05) is 24.3 Å². The van der Waals surface area contributed by atoms with Crippen LogP contribution in [0.2, 0.25) is 0 Å². The van der Waals surface area contributed by atoms with Crippen LogP contribution in [0.25, 0.3) is 11.4 Å². The molecular weight excluding hydrogens is 423 g/mol. The smallest absolute Gasteiger partial charge is 0.248 e. The van der Waals surface area contributed by atoms with Crippen LogP contribution in [-0.4, -0.2) is 51.9 Å². The number of hydrogen-bond donors (Lipinski definition) is 1. The van der Waals surface area contributed by atoms with Crippen molar-refractivity contribution in [3.05, 3.63) is 54.3 Å². The van der Waals surface area contributed by atoms with Gasteiger partial charge in [0.05, 0.1) is 4.90 Å². The van der Waals surface area contributed by atoms with Crippen molar-refractivity contribution in [3.8, 4) is 11.4 Å². The minimum atomic E-state index is -3.52. The summed E-state index contributed by atoms with van der Waals surface area (Å²) in [6.45, 7) is 0.888. The van der Waals surface area contributed by atoms with E-state index in [1.807, 2.05) is 0 Å². The Kier molecular flexibility index (Phi) is 6.05. The number of amides is 1. The molecule has 0 saturated carbocycles. The van der Waals surface area contributed by atoms with Crippen molar-refractivity contribution in [2.75, 3.05) is 18.4 Å². The molecule has 1 fully saturated rings. The van der Waals surface area contributed by atoms with E-state index in [9.17, 15) is 17.6 Å². The van der Waals surface area contributed by atoms with Gasteiger partial charge in [0.2, 0.25) is 21.8 Å². The Morgan fingerprint density at radius 3 is 2.35 bits per heavy atom. The first kappa shape index (κ1) is 21.1. The first-order valence-electron chi connectivity index (χ1n) is 9.86. The second-order valence-electron chi connectivity index (χ2n) is 7.19. The van der Waals surface area contributed by atoms with Crippen molar-refractivity contribution in [2.24, 2.45) is 0 Å². The molecule has 162 valence electrons. The van der Waals surface area contributed by atoms with E-state index in [-0.39, 0.29) is 23.1 Å². The lowest BCUT2D eigenvalue weighted by atomic mass is 10.2. The summed E-state index contributed by atoms with van der Waals surface area (Å²) in [6.07, 6.45) is 2.78. The molecule has 1 aromatic heterocycles. The number of hydrogen-bond acceptors (Lipinski definition) is 6. The molecule has 11 heteroatoms. The number of carbonyl (C=O) groups is 1. The van der Waals surface area contributed by atoms with Gasteiger partial charge in [0.25, 0.3) is 0 Å². The summed E-state index contributed by atoms with van der Waals surface area (Å²) in [6, 6.07) is 11.7. The minimum absolute atomic E-state index is 0.179. The molecular formula is C20H21FN6O3S. The van der Waals surface area contributed by atoms with Gasteiger partial charge in [0.1, 0.15) is 12.4 Å². The van der Waals surface area contributed by atoms with Gasteiger partial charge < -0.3 is 5.32 Å². The number of piperidine rings is 1. The van der Waals surface area contributed by atoms with Crippen LogP contribution in [0.3, 0.4) is 0 Å². The summed E-state index contributed by atoms with van der Waals surface area (Å²) in [5.41, 5.74) is 1.04. The van der Waals surface area contributed by atoms with Gasteiger partial charge in [-0.1, -0.05) is 6.42 Å². The van der Waals surface area contributed by atoms with Gasteiger partial charge in [-0.15, -0.1) is 10.2 Å². The molecule has 0 atom stereocenters. The summed E-state index contributed by atoms with van der Waals surface area (Å²) in [4.78, 5) is 13.6. The lowest BCUT2D eigenvalue weighted by Gasteiger charge is -2.25. The summed E-state index contributed by atoms with van der Waals surface area (Å²) < 4.78 is 39.9. The third kappa shape index (κ3) is 4.94. The van der Waals surface area contributed by atoms with Crippen molar-refractivity contribution < 1.29 is 17.6 Å². The fourth-order valence-electron chi connectivity index (χ4n) is 3.32. The molecule has 2 heterocycles. The molecule has 1 aliphatic heterocycles. The van der Waals surface area contributed by atoms with E-state index in [2.05, 4.69) is 20.7 Å². The fourth-order valence-corrected chi connectivity index (χ4v) is 4.84. The Labute approximate surface area is 178 Å². The van der Waals surface area contributed by atoms with Crippen LogP contribution in [0.4, 0.5) is 10.1 Å². The number of nitrogens with one attached hydrogen (secondary N) is 1. The molecule has 1 N–H and O–H groups in total. The average Bonchev–Trinajstić information content (AvgIpc) is 3.23. The Balaban J connectivity index is 1.37. The molecule has 31 heavy (non-hydrogen) atoms. The van der Waals surface area contributed by atoms with E-state index < -0.39 is 15.9 Å². The van der Waals surface area contributed by atoms with Crippen molar-refractivity contribution in [1.82, 2.24) is 24.5 Å². The molecule has 0 unspecified atom stereocenters. The standard InChI is InChI=1S/C20H21FN6O3S/c21-16-6-4-15(5-7-16)20-23-25-27(24-20)14-19(28)22-17-8-10-18(11-9-17)31(29,30)26-12-2-1-3-13-26/h4-11H,1-3,12-14H2,(H,22,28). The van der Waals surface area contributed by atoms with Crippen LogP contribution >= 0.6 is 0 Å². The van der Waals surface area contributed by atoms with E-state index in [1.54, 1.807) is 12.1 Å². The highest BCUT2D eigenvalue weighted by atomic mass is 32.2. The van der Waals surface area contributed by atoms with Gasteiger partial charge in [0.15, 0.2) is 0 Å². The number of sulfonamides is 1. The molecule has 4 rings (SSSR count). The number of tetrazole rings is 1. The molecule has 3 aromatic rings. The van der Waals surface area contributed by atoms with Gasteiger partial charge >= 0.3 is 0 Å². The van der Waals surface area contributed by atoms with Crippen LogP contribution in [0, 0.1) is 5.82 Å².